The van der Waals surface area contributed by atoms with Gasteiger partial charge in [-0.05, 0) is 29.3 Å². The molecule has 0 fully saturated rings. The van der Waals surface area contributed by atoms with E-state index in [1.807, 2.05) is 36.8 Å². The lowest BCUT2D eigenvalue weighted by Crippen LogP contribution is -2.37. The van der Waals surface area contributed by atoms with Crippen molar-refractivity contribution in [2.24, 2.45) is 0 Å². The Morgan fingerprint density at radius 3 is 2.29 bits per heavy atom. The molecule has 1 aliphatic rings. The first-order valence-corrected chi connectivity index (χ1v) is 9.41. The minimum Gasteiger partial charge on any atom is -0.309 e. The fraction of sp³-hybridized carbons (Fsp3) is 0.182. The molecule has 0 saturated carbocycles. The standard InChI is InChI=1S/C22H20N6/c1-2-6-17(7-3-1)21(18-8-4-10-23-14-18)27-12-13-28-20(16-27)25-26-22(28)19-9-5-11-24-15-19/h1-11,14-15,21H,12-13,16H2. The summed E-state index contributed by atoms with van der Waals surface area (Å²) < 4.78 is 2.21. The van der Waals surface area contributed by atoms with Crippen molar-refractivity contribution in [1.82, 2.24) is 29.6 Å². The molecule has 0 saturated heterocycles. The SMILES string of the molecule is c1ccc(C(c2cccnc2)N2CCn3c(nnc3-c3cccnc3)C2)cc1. The fourth-order valence-electron chi connectivity index (χ4n) is 3.89. The summed E-state index contributed by atoms with van der Waals surface area (Å²) in [7, 11) is 0. The second-order valence-electron chi connectivity index (χ2n) is 6.90. The van der Waals surface area contributed by atoms with Gasteiger partial charge in [0.15, 0.2) is 5.82 Å². The minimum atomic E-state index is 0.141. The molecule has 0 amide bonds. The summed E-state index contributed by atoms with van der Waals surface area (Å²) in [6, 6.07) is 18.8. The molecule has 6 heteroatoms. The molecule has 4 heterocycles. The summed E-state index contributed by atoms with van der Waals surface area (Å²) in [6.45, 7) is 2.49. The van der Waals surface area contributed by atoms with E-state index in [2.05, 4.69) is 66.0 Å². The van der Waals surface area contributed by atoms with E-state index in [1.54, 1.807) is 6.20 Å². The first-order chi connectivity index (χ1) is 13.9. The molecule has 1 unspecified atom stereocenters. The lowest BCUT2D eigenvalue weighted by molar-refractivity contribution is 0.176. The maximum Gasteiger partial charge on any atom is 0.165 e. The van der Waals surface area contributed by atoms with Crippen molar-refractivity contribution in [3.8, 4) is 11.4 Å². The van der Waals surface area contributed by atoms with Crippen molar-refractivity contribution < 1.29 is 0 Å². The smallest absolute Gasteiger partial charge is 0.165 e. The summed E-state index contributed by atoms with van der Waals surface area (Å²) in [4.78, 5) is 11.0. The largest absolute Gasteiger partial charge is 0.309 e. The normalized spacial score (nSPS) is 15.1. The second kappa shape index (κ2) is 7.32. The molecule has 4 aromatic rings. The molecule has 0 bridgehead atoms. The van der Waals surface area contributed by atoms with Crippen LogP contribution >= 0.6 is 0 Å². The van der Waals surface area contributed by atoms with Crippen molar-refractivity contribution in [1.29, 1.82) is 0 Å². The van der Waals surface area contributed by atoms with Gasteiger partial charge < -0.3 is 4.57 Å². The van der Waals surface area contributed by atoms with Gasteiger partial charge in [-0.2, -0.15) is 0 Å². The lowest BCUT2D eigenvalue weighted by Gasteiger charge is -2.35. The highest BCUT2D eigenvalue weighted by atomic mass is 15.3. The Hall–Kier alpha value is -3.38. The highest BCUT2D eigenvalue weighted by Gasteiger charge is 2.29. The molecular formula is C22H20N6. The third-order valence-corrected chi connectivity index (χ3v) is 5.18. The summed E-state index contributed by atoms with van der Waals surface area (Å²) in [5.41, 5.74) is 3.45. The average Bonchev–Trinajstić information content (AvgIpc) is 3.19. The molecule has 0 aliphatic carbocycles. The summed E-state index contributed by atoms with van der Waals surface area (Å²) in [5, 5.41) is 8.92. The van der Waals surface area contributed by atoms with E-state index in [0.29, 0.717) is 0 Å². The lowest BCUT2D eigenvalue weighted by atomic mass is 9.98. The van der Waals surface area contributed by atoms with Crippen LogP contribution < -0.4 is 0 Å². The number of fused-ring (bicyclic) bond motifs is 1. The monoisotopic (exact) mass is 368 g/mol. The third-order valence-electron chi connectivity index (χ3n) is 5.18. The van der Waals surface area contributed by atoms with E-state index in [9.17, 15) is 0 Å². The predicted octanol–water partition coefficient (Wildman–Crippen LogP) is 3.34. The number of rotatable bonds is 4. The van der Waals surface area contributed by atoms with Gasteiger partial charge >= 0.3 is 0 Å². The topological polar surface area (TPSA) is 59.7 Å². The molecule has 0 radical (unpaired) electrons. The van der Waals surface area contributed by atoms with E-state index in [4.69, 9.17) is 0 Å². The molecular weight excluding hydrogens is 348 g/mol. The summed E-state index contributed by atoms with van der Waals surface area (Å²) in [5.74, 6) is 1.87. The van der Waals surface area contributed by atoms with Gasteiger partial charge in [-0.1, -0.05) is 36.4 Å². The Labute approximate surface area is 163 Å². The molecule has 1 atom stereocenters. The first kappa shape index (κ1) is 16.8. The van der Waals surface area contributed by atoms with Gasteiger partial charge in [0.2, 0.25) is 0 Å². The maximum absolute atomic E-state index is 4.48. The Kier molecular flexibility index (Phi) is 4.39. The van der Waals surface area contributed by atoms with Crippen LogP contribution in [0.3, 0.4) is 0 Å². The second-order valence-corrected chi connectivity index (χ2v) is 6.90. The summed E-state index contributed by atoms with van der Waals surface area (Å²) >= 11 is 0. The van der Waals surface area contributed by atoms with Crippen molar-refractivity contribution in [2.45, 2.75) is 19.1 Å². The van der Waals surface area contributed by atoms with Gasteiger partial charge in [0.05, 0.1) is 12.6 Å². The van der Waals surface area contributed by atoms with E-state index >= 15 is 0 Å². The number of aromatic nitrogens is 5. The Balaban J connectivity index is 1.49. The zero-order valence-electron chi connectivity index (χ0n) is 15.4. The van der Waals surface area contributed by atoms with Crippen molar-refractivity contribution >= 4 is 0 Å². The van der Waals surface area contributed by atoms with E-state index < -0.39 is 0 Å². The molecule has 3 aromatic heterocycles. The highest BCUT2D eigenvalue weighted by molar-refractivity contribution is 5.53. The molecule has 1 aliphatic heterocycles. The molecule has 0 spiro atoms. The molecule has 28 heavy (non-hydrogen) atoms. The third kappa shape index (κ3) is 3.08. The molecule has 5 rings (SSSR count). The van der Waals surface area contributed by atoms with Gasteiger partial charge in [0.1, 0.15) is 5.82 Å². The van der Waals surface area contributed by atoms with Crippen LogP contribution in [0.15, 0.2) is 79.4 Å². The first-order valence-electron chi connectivity index (χ1n) is 9.41. The van der Waals surface area contributed by atoms with Gasteiger partial charge in [0.25, 0.3) is 0 Å². The van der Waals surface area contributed by atoms with Crippen molar-refractivity contribution in [3.63, 3.8) is 0 Å². The van der Waals surface area contributed by atoms with E-state index in [1.165, 1.54) is 11.1 Å². The van der Waals surface area contributed by atoms with Crippen LogP contribution in [-0.2, 0) is 13.1 Å². The van der Waals surface area contributed by atoms with Crippen LogP contribution in [0.5, 0.6) is 0 Å². The number of hydrogen-bond acceptors (Lipinski definition) is 5. The quantitative estimate of drug-likeness (QED) is 0.553. The Bertz CT molecular complexity index is 1010. The number of hydrogen-bond donors (Lipinski definition) is 0. The van der Waals surface area contributed by atoms with E-state index in [0.717, 1.165) is 36.8 Å². The zero-order chi connectivity index (χ0) is 18.8. The van der Waals surface area contributed by atoms with Crippen LogP contribution in [0, 0.1) is 0 Å². The predicted molar refractivity (Wildman–Crippen MR) is 106 cm³/mol. The van der Waals surface area contributed by atoms with Crippen LogP contribution in [0.25, 0.3) is 11.4 Å². The maximum atomic E-state index is 4.48. The fourth-order valence-corrected chi connectivity index (χ4v) is 3.89. The minimum absolute atomic E-state index is 0.141. The Morgan fingerprint density at radius 2 is 1.54 bits per heavy atom. The van der Waals surface area contributed by atoms with Gasteiger partial charge in [0, 0.05) is 43.4 Å². The summed E-state index contributed by atoms with van der Waals surface area (Å²) in [6.07, 6.45) is 7.39. The van der Waals surface area contributed by atoms with Gasteiger partial charge in [-0.25, -0.2) is 0 Å². The molecule has 138 valence electrons. The van der Waals surface area contributed by atoms with Crippen molar-refractivity contribution in [3.05, 3.63) is 96.3 Å². The van der Waals surface area contributed by atoms with Crippen LogP contribution in [0.4, 0.5) is 0 Å². The Morgan fingerprint density at radius 1 is 0.750 bits per heavy atom. The van der Waals surface area contributed by atoms with Crippen LogP contribution in [0.2, 0.25) is 0 Å². The van der Waals surface area contributed by atoms with Gasteiger partial charge in [-0.3, -0.25) is 14.9 Å². The van der Waals surface area contributed by atoms with Crippen molar-refractivity contribution in [2.75, 3.05) is 6.54 Å². The molecule has 1 aromatic carbocycles. The molecule has 0 N–H and O–H groups in total. The highest BCUT2D eigenvalue weighted by Crippen LogP contribution is 2.32. The number of pyridine rings is 2. The van der Waals surface area contributed by atoms with Gasteiger partial charge in [-0.15, -0.1) is 10.2 Å². The van der Waals surface area contributed by atoms with E-state index in [-0.39, 0.29) is 6.04 Å². The number of benzene rings is 1. The average molecular weight is 368 g/mol. The zero-order valence-corrected chi connectivity index (χ0v) is 15.4. The number of nitrogens with zero attached hydrogens (tertiary/aromatic N) is 6. The van der Waals surface area contributed by atoms with Crippen LogP contribution in [-0.4, -0.2) is 36.2 Å². The molecule has 6 nitrogen and oxygen atoms in total. The van der Waals surface area contributed by atoms with Crippen LogP contribution in [0.1, 0.15) is 23.0 Å².